The summed E-state index contributed by atoms with van der Waals surface area (Å²) in [6.07, 6.45) is 2.31. The molecule has 3 heteroatoms. The van der Waals surface area contributed by atoms with Crippen LogP contribution in [0.1, 0.15) is 56.9 Å². The molecule has 0 saturated carbocycles. The number of ether oxygens (including phenoxy) is 2. The lowest BCUT2D eigenvalue weighted by Crippen LogP contribution is -2.14. The van der Waals surface area contributed by atoms with Gasteiger partial charge >= 0.3 is 0 Å². The number of halogens is 1. The molecule has 0 saturated heterocycles. The highest BCUT2D eigenvalue weighted by Crippen LogP contribution is 2.37. The van der Waals surface area contributed by atoms with E-state index in [1.807, 2.05) is 32.0 Å². The Morgan fingerprint density at radius 1 is 0.806 bits per heavy atom. The van der Waals surface area contributed by atoms with Crippen molar-refractivity contribution in [2.45, 2.75) is 59.5 Å². The highest BCUT2D eigenvalue weighted by Gasteiger charge is 2.22. The zero-order valence-electron chi connectivity index (χ0n) is 19.5. The van der Waals surface area contributed by atoms with Gasteiger partial charge in [0.2, 0.25) is 0 Å². The van der Waals surface area contributed by atoms with Crippen LogP contribution in [0.4, 0.5) is 4.39 Å². The van der Waals surface area contributed by atoms with E-state index in [1.54, 1.807) is 19.2 Å². The summed E-state index contributed by atoms with van der Waals surface area (Å²) in [5, 5.41) is 0. The number of rotatable bonds is 5. The van der Waals surface area contributed by atoms with Crippen molar-refractivity contribution in [1.29, 1.82) is 0 Å². The van der Waals surface area contributed by atoms with Gasteiger partial charge in [0.15, 0.2) is 0 Å². The minimum atomic E-state index is -0.248. The van der Waals surface area contributed by atoms with E-state index >= 15 is 0 Å². The number of fused-ring (bicyclic) bond motifs is 1. The molecule has 0 spiro atoms. The predicted octanol–water partition coefficient (Wildman–Crippen LogP) is 7.50. The highest BCUT2D eigenvalue weighted by atomic mass is 19.1. The second kappa shape index (κ2) is 9.55. The average molecular weight is 421 g/mol. The van der Waals surface area contributed by atoms with Crippen molar-refractivity contribution in [3.05, 3.63) is 82.7 Å². The zero-order chi connectivity index (χ0) is 22.6. The van der Waals surface area contributed by atoms with Gasteiger partial charge in [-0.25, -0.2) is 4.39 Å². The molecule has 164 valence electrons. The molecule has 2 nitrogen and oxygen atoms in total. The van der Waals surface area contributed by atoms with E-state index in [-0.39, 0.29) is 11.2 Å². The summed E-state index contributed by atoms with van der Waals surface area (Å²) in [4.78, 5) is 0. The van der Waals surface area contributed by atoms with Gasteiger partial charge in [-0.15, -0.1) is 0 Å². The van der Waals surface area contributed by atoms with Crippen LogP contribution in [-0.4, -0.2) is 7.11 Å². The molecule has 0 unspecified atom stereocenters. The number of aryl methyl sites for hydroxylation is 2. The Bertz CT molecular complexity index is 1050. The molecule has 31 heavy (non-hydrogen) atoms. The molecule has 0 aromatic heterocycles. The summed E-state index contributed by atoms with van der Waals surface area (Å²) >= 11 is 0. The molecule has 4 rings (SSSR count). The molecule has 3 aromatic rings. The summed E-state index contributed by atoms with van der Waals surface area (Å²) in [6.45, 7) is 10.9. The first-order valence-corrected chi connectivity index (χ1v) is 11.1. The predicted molar refractivity (Wildman–Crippen MR) is 127 cm³/mol. The molecule has 1 aliphatic rings. The normalized spacial score (nSPS) is 12.2. The van der Waals surface area contributed by atoms with Crippen LogP contribution in [-0.2, 0) is 24.9 Å². The van der Waals surface area contributed by atoms with Gasteiger partial charge in [-0.3, -0.25) is 0 Å². The molecule has 0 atom stereocenters. The monoisotopic (exact) mass is 420 g/mol. The van der Waals surface area contributed by atoms with Crippen molar-refractivity contribution < 1.29 is 13.9 Å². The van der Waals surface area contributed by atoms with Crippen molar-refractivity contribution in [1.82, 2.24) is 0 Å². The van der Waals surface area contributed by atoms with Crippen molar-refractivity contribution >= 4 is 0 Å². The van der Waals surface area contributed by atoms with Crippen LogP contribution in [0.25, 0.3) is 11.1 Å². The molecule has 0 heterocycles. The van der Waals surface area contributed by atoms with Gasteiger partial charge in [-0.2, -0.15) is 0 Å². The summed E-state index contributed by atoms with van der Waals surface area (Å²) < 4.78 is 26.0. The number of benzene rings is 3. The Labute approximate surface area is 186 Å². The Hall–Kier alpha value is -2.81. The molecule has 0 radical (unpaired) electrons. The summed E-state index contributed by atoms with van der Waals surface area (Å²) in [5.41, 5.74) is 6.28. The molecule has 0 N–H and O–H groups in total. The number of hydrogen-bond acceptors (Lipinski definition) is 2. The molecular weight excluding hydrogens is 387 g/mol. The molecule has 0 fully saturated rings. The quantitative estimate of drug-likeness (QED) is 0.425. The zero-order valence-corrected chi connectivity index (χ0v) is 19.5. The average Bonchev–Trinajstić information content (AvgIpc) is 2.75. The standard InChI is InChI=1S/C26H27FO2.C2H6/c1-26(2,3)24-13-17(16-29-21-9-8-18-6-7-19(18)14-21)5-11-22(24)23-15-20(28-4)10-12-25(23)27;1-2/h5,8-15H,6-7,16H2,1-4H3;1-2H3. The lowest BCUT2D eigenvalue weighted by Gasteiger charge is -2.25. The summed E-state index contributed by atoms with van der Waals surface area (Å²) in [5.74, 6) is 1.31. The minimum absolute atomic E-state index is 0.142. The van der Waals surface area contributed by atoms with Gasteiger partial charge < -0.3 is 9.47 Å². The first kappa shape index (κ1) is 22.9. The van der Waals surface area contributed by atoms with Gasteiger partial charge in [0.25, 0.3) is 0 Å². The van der Waals surface area contributed by atoms with Gasteiger partial charge in [-0.05, 0) is 76.4 Å². The third kappa shape index (κ3) is 5.10. The summed E-state index contributed by atoms with van der Waals surface area (Å²) in [6, 6.07) is 17.4. The maximum absolute atomic E-state index is 14.6. The fraction of sp³-hybridized carbons (Fsp3) is 0.357. The topological polar surface area (TPSA) is 18.5 Å². The van der Waals surface area contributed by atoms with Crippen molar-refractivity contribution in [3.8, 4) is 22.6 Å². The van der Waals surface area contributed by atoms with E-state index in [0.29, 0.717) is 17.9 Å². The van der Waals surface area contributed by atoms with Crippen LogP contribution in [0.15, 0.2) is 54.6 Å². The van der Waals surface area contributed by atoms with Crippen molar-refractivity contribution in [3.63, 3.8) is 0 Å². The Morgan fingerprint density at radius 2 is 1.52 bits per heavy atom. The SMILES string of the molecule is CC.COc1ccc(F)c(-c2ccc(COc3ccc4c(c3)CC4)cc2C(C)(C)C)c1. The Morgan fingerprint density at radius 3 is 2.13 bits per heavy atom. The molecule has 0 bridgehead atoms. The maximum Gasteiger partial charge on any atom is 0.131 e. The van der Waals surface area contributed by atoms with Crippen LogP contribution in [0.5, 0.6) is 11.5 Å². The maximum atomic E-state index is 14.6. The Balaban J connectivity index is 0.00000132. The first-order chi connectivity index (χ1) is 14.8. The molecule has 0 aliphatic heterocycles. The van der Waals surface area contributed by atoms with Gasteiger partial charge in [0, 0.05) is 5.56 Å². The molecule has 1 aliphatic carbocycles. The minimum Gasteiger partial charge on any atom is -0.497 e. The van der Waals surface area contributed by atoms with Crippen molar-refractivity contribution in [2.75, 3.05) is 7.11 Å². The van der Waals surface area contributed by atoms with Gasteiger partial charge in [0.05, 0.1) is 7.11 Å². The third-order valence-corrected chi connectivity index (χ3v) is 5.60. The smallest absolute Gasteiger partial charge is 0.131 e. The van der Waals surface area contributed by atoms with Crippen LogP contribution >= 0.6 is 0 Å². The second-order valence-corrected chi connectivity index (χ2v) is 8.69. The van der Waals surface area contributed by atoms with E-state index in [1.165, 1.54) is 23.6 Å². The Kier molecular flexibility index (Phi) is 7.04. The fourth-order valence-corrected chi connectivity index (χ4v) is 3.80. The van der Waals surface area contributed by atoms with E-state index < -0.39 is 0 Å². The third-order valence-electron chi connectivity index (χ3n) is 5.60. The highest BCUT2D eigenvalue weighted by molar-refractivity contribution is 5.71. The molecule has 0 amide bonds. The summed E-state index contributed by atoms with van der Waals surface area (Å²) in [7, 11) is 1.60. The fourth-order valence-electron chi connectivity index (χ4n) is 3.80. The largest absolute Gasteiger partial charge is 0.497 e. The van der Waals surface area contributed by atoms with E-state index in [9.17, 15) is 4.39 Å². The van der Waals surface area contributed by atoms with Gasteiger partial charge in [-0.1, -0.05) is 58.9 Å². The van der Waals surface area contributed by atoms with E-state index in [2.05, 4.69) is 39.0 Å². The van der Waals surface area contributed by atoms with Crippen molar-refractivity contribution in [2.24, 2.45) is 0 Å². The van der Waals surface area contributed by atoms with E-state index in [4.69, 9.17) is 9.47 Å². The number of methoxy groups -OCH3 is 1. The lowest BCUT2D eigenvalue weighted by molar-refractivity contribution is 0.305. The van der Waals surface area contributed by atoms with Crippen LogP contribution in [0.3, 0.4) is 0 Å². The molecular formula is C28H33FO2. The number of hydrogen-bond donors (Lipinski definition) is 0. The van der Waals surface area contributed by atoms with Crippen LogP contribution < -0.4 is 9.47 Å². The van der Waals surface area contributed by atoms with Crippen LogP contribution in [0.2, 0.25) is 0 Å². The van der Waals surface area contributed by atoms with Crippen LogP contribution in [0, 0.1) is 5.82 Å². The van der Waals surface area contributed by atoms with E-state index in [0.717, 1.165) is 28.9 Å². The lowest BCUT2D eigenvalue weighted by atomic mass is 9.81. The second-order valence-electron chi connectivity index (χ2n) is 8.69. The molecule has 3 aromatic carbocycles. The van der Waals surface area contributed by atoms with Gasteiger partial charge in [0.1, 0.15) is 23.9 Å². The first-order valence-electron chi connectivity index (χ1n) is 11.1.